The third-order valence-electron chi connectivity index (χ3n) is 4.35. The summed E-state index contributed by atoms with van der Waals surface area (Å²) in [6.07, 6.45) is 1.91. The van der Waals surface area contributed by atoms with Gasteiger partial charge in [-0.15, -0.1) is 0 Å². The van der Waals surface area contributed by atoms with Crippen LogP contribution in [0.25, 0.3) is 11.6 Å². The van der Waals surface area contributed by atoms with Gasteiger partial charge < -0.3 is 10.1 Å². The standard InChI is InChI=1S/C20H20ClNO2/c1-11(2)14-9-13(5-8-18(14)24-4)10-15-19-12(3)16(21)6-7-17(19)22-20(15)23/h5-11H,1-4H3,(H,22,23)/b15-10+. The van der Waals surface area contributed by atoms with Crippen LogP contribution in [-0.2, 0) is 4.79 Å². The third-order valence-corrected chi connectivity index (χ3v) is 4.76. The second-order valence-corrected chi connectivity index (χ2v) is 6.67. The minimum atomic E-state index is -0.0997. The molecule has 2 aromatic carbocycles. The Morgan fingerprint density at radius 2 is 1.96 bits per heavy atom. The summed E-state index contributed by atoms with van der Waals surface area (Å²) in [5.74, 6) is 1.10. The van der Waals surface area contributed by atoms with Crippen LogP contribution in [-0.4, -0.2) is 13.0 Å². The smallest absolute Gasteiger partial charge is 0.256 e. The lowest BCUT2D eigenvalue weighted by molar-refractivity contribution is -0.110. The zero-order chi connectivity index (χ0) is 17.4. The van der Waals surface area contributed by atoms with E-state index in [4.69, 9.17) is 16.3 Å². The first kappa shape index (κ1) is 16.6. The van der Waals surface area contributed by atoms with Gasteiger partial charge in [0.25, 0.3) is 5.91 Å². The Balaban J connectivity index is 2.12. The zero-order valence-electron chi connectivity index (χ0n) is 14.2. The second kappa shape index (κ2) is 6.33. The number of hydrogen-bond acceptors (Lipinski definition) is 2. The lowest BCUT2D eigenvalue weighted by Crippen LogP contribution is -2.03. The minimum Gasteiger partial charge on any atom is -0.496 e. The summed E-state index contributed by atoms with van der Waals surface area (Å²) < 4.78 is 5.43. The quantitative estimate of drug-likeness (QED) is 0.772. The Hall–Kier alpha value is -2.26. The maximum atomic E-state index is 12.4. The molecule has 0 aliphatic carbocycles. The summed E-state index contributed by atoms with van der Waals surface area (Å²) in [6.45, 7) is 6.18. The molecule has 0 bridgehead atoms. The van der Waals surface area contributed by atoms with Crippen LogP contribution in [0, 0.1) is 6.92 Å². The molecule has 3 nitrogen and oxygen atoms in total. The highest BCUT2D eigenvalue weighted by atomic mass is 35.5. The summed E-state index contributed by atoms with van der Waals surface area (Å²) in [5.41, 5.74) is 5.34. The number of amides is 1. The van der Waals surface area contributed by atoms with E-state index < -0.39 is 0 Å². The molecule has 3 rings (SSSR count). The molecule has 0 atom stereocenters. The number of halogens is 1. The van der Waals surface area contributed by atoms with E-state index in [0.717, 1.165) is 33.7 Å². The number of methoxy groups -OCH3 is 1. The molecule has 0 aromatic heterocycles. The molecule has 1 aliphatic heterocycles. The van der Waals surface area contributed by atoms with Crippen LogP contribution in [0.4, 0.5) is 5.69 Å². The van der Waals surface area contributed by atoms with Crippen LogP contribution in [0.15, 0.2) is 30.3 Å². The first-order chi connectivity index (χ1) is 11.4. The van der Waals surface area contributed by atoms with E-state index in [2.05, 4.69) is 25.2 Å². The summed E-state index contributed by atoms with van der Waals surface area (Å²) in [4.78, 5) is 12.4. The highest BCUT2D eigenvalue weighted by Gasteiger charge is 2.26. The number of rotatable bonds is 3. The Labute approximate surface area is 147 Å². The minimum absolute atomic E-state index is 0.0997. The maximum absolute atomic E-state index is 12.4. The largest absolute Gasteiger partial charge is 0.496 e. The van der Waals surface area contributed by atoms with Crippen LogP contribution < -0.4 is 10.1 Å². The van der Waals surface area contributed by atoms with Gasteiger partial charge in [0.05, 0.1) is 7.11 Å². The molecule has 0 spiro atoms. The van der Waals surface area contributed by atoms with Crippen LogP contribution in [0.3, 0.4) is 0 Å². The molecule has 2 aromatic rings. The van der Waals surface area contributed by atoms with Crippen LogP contribution in [0.5, 0.6) is 5.75 Å². The molecule has 1 aliphatic rings. The van der Waals surface area contributed by atoms with Gasteiger partial charge >= 0.3 is 0 Å². The Morgan fingerprint density at radius 3 is 2.62 bits per heavy atom. The summed E-state index contributed by atoms with van der Waals surface area (Å²) in [6, 6.07) is 9.63. The number of benzene rings is 2. The normalized spacial score (nSPS) is 14.9. The van der Waals surface area contributed by atoms with Crippen LogP contribution in [0.1, 0.15) is 42.0 Å². The molecular formula is C20H20ClNO2. The molecule has 0 radical (unpaired) electrons. The summed E-state index contributed by atoms with van der Waals surface area (Å²) in [7, 11) is 1.67. The van der Waals surface area contributed by atoms with Gasteiger partial charge in [-0.1, -0.05) is 31.5 Å². The average Bonchev–Trinajstić information content (AvgIpc) is 2.87. The molecule has 1 N–H and O–H groups in total. The van der Waals surface area contributed by atoms with Crippen molar-refractivity contribution >= 4 is 34.8 Å². The average molecular weight is 342 g/mol. The number of anilines is 1. The Morgan fingerprint density at radius 1 is 1.21 bits per heavy atom. The van der Waals surface area contributed by atoms with E-state index in [1.165, 1.54) is 0 Å². The fraction of sp³-hybridized carbons (Fsp3) is 0.250. The van der Waals surface area contributed by atoms with Gasteiger partial charge in [0.15, 0.2) is 0 Å². The van der Waals surface area contributed by atoms with Gasteiger partial charge in [0.1, 0.15) is 5.75 Å². The third kappa shape index (κ3) is 2.80. The molecular weight excluding hydrogens is 322 g/mol. The van der Waals surface area contributed by atoms with Crippen molar-refractivity contribution in [2.24, 2.45) is 0 Å². The van der Waals surface area contributed by atoms with Crippen molar-refractivity contribution < 1.29 is 9.53 Å². The van der Waals surface area contributed by atoms with E-state index in [9.17, 15) is 4.79 Å². The van der Waals surface area contributed by atoms with Crippen molar-refractivity contribution in [1.82, 2.24) is 0 Å². The van der Waals surface area contributed by atoms with Gasteiger partial charge in [0, 0.05) is 21.8 Å². The molecule has 4 heteroatoms. The number of fused-ring (bicyclic) bond motifs is 1. The lowest BCUT2D eigenvalue weighted by atomic mass is 9.96. The number of hydrogen-bond donors (Lipinski definition) is 1. The number of carbonyl (C=O) groups is 1. The fourth-order valence-corrected chi connectivity index (χ4v) is 3.20. The number of nitrogens with one attached hydrogen (secondary N) is 1. The lowest BCUT2D eigenvalue weighted by Gasteiger charge is -2.13. The van der Waals surface area contributed by atoms with Gasteiger partial charge in [-0.2, -0.15) is 0 Å². The highest BCUT2D eigenvalue weighted by molar-refractivity contribution is 6.37. The Bertz CT molecular complexity index is 853. The molecule has 1 heterocycles. The van der Waals surface area contributed by atoms with E-state index >= 15 is 0 Å². The van der Waals surface area contributed by atoms with Crippen molar-refractivity contribution in [3.05, 3.63) is 57.6 Å². The molecule has 0 fully saturated rings. The van der Waals surface area contributed by atoms with Crippen molar-refractivity contribution in [2.75, 3.05) is 12.4 Å². The van der Waals surface area contributed by atoms with Gasteiger partial charge in [-0.05, 0) is 59.9 Å². The van der Waals surface area contributed by atoms with Crippen molar-refractivity contribution in [2.45, 2.75) is 26.7 Å². The topological polar surface area (TPSA) is 38.3 Å². The monoisotopic (exact) mass is 341 g/mol. The highest BCUT2D eigenvalue weighted by Crippen LogP contribution is 2.39. The van der Waals surface area contributed by atoms with Gasteiger partial charge in [-0.25, -0.2) is 0 Å². The van der Waals surface area contributed by atoms with E-state index in [-0.39, 0.29) is 5.91 Å². The molecule has 124 valence electrons. The first-order valence-corrected chi connectivity index (χ1v) is 8.30. The Kier molecular flexibility index (Phi) is 4.37. The van der Waals surface area contributed by atoms with Crippen LogP contribution >= 0.6 is 11.6 Å². The van der Waals surface area contributed by atoms with Gasteiger partial charge in [-0.3, -0.25) is 4.79 Å². The summed E-state index contributed by atoms with van der Waals surface area (Å²) in [5, 5.41) is 3.57. The SMILES string of the molecule is COc1ccc(/C=C2/C(=O)Nc3ccc(Cl)c(C)c32)cc1C(C)C. The van der Waals surface area contributed by atoms with E-state index in [1.54, 1.807) is 7.11 Å². The van der Waals surface area contributed by atoms with Gasteiger partial charge in [0.2, 0.25) is 0 Å². The zero-order valence-corrected chi connectivity index (χ0v) is 15.0. The predicted molar refractivity (Wildman–Crippen MR) is 99.8 cm³/mol. The predicted octanol–water partition coefficient (Wildman–Crippen LogP) is 5.27. The number of carbonyl (C=O) groups excluding carboxylic acids is 1. The van der Waals surface area contributed by atoms with Crippen molar-refractivity contribution in [1.29, 1.82) is 0 Å². The molecule has 0 unspecified atom stereocenters. The molecule has 0 saturated heterocycles. The van der Waals surface area contributed by atoms with E-state index in [1.807, 2.05) is 37.3 Å². The number of ether oxygens (including phenoxy) is 1. The molecule has 1 amide bonds. The van der Waals surface area contributed by atoms with Crippen molar-refractivity contribution in [3.63, 3.8) is 0 Å². The second-order valence-electron chi connectivity index (χ2n) is 6.26. The summed E-state index contributed by atoms with van der Waals surface area (Å²) >= 11 is 6.23. The van der Waals surface area contributed by atoms with Crippen LogP contribution in [0.2, 0.25) is 5.02 Å². The molecule has 24 heavy (non-hydrogen) atoms. The van der Waals surface area contributed by atoms with Crippen molar-refractivity contribution in [3.8, 4) is 5.75 Å². The maximum Gasteiger partial charge on any atom is 0.256 e. The fourth-order valence-electron chi connectivity index (χ4n) is 3.04. The first-order valence-electron chi connectivity index (χ1n) is 7.92. The van der Waals surface area contributed by atoms with E-state index in [0.29, 0.717) is 16.5 Å². The molecule has 0 saturated carbocycles.